The van der Waals surface area contributed by atoms with E-state index in [0.717, 1.165) is 17.7 Å². The molecule has 0 aromatic carbocycles. The smallest absolute Gasteiger partial charge is 0.380 e. The van der Waals surface area contributed by atoms with E-state index in [1.165, 1.54) is 6.42 Å². The Bertz CT molecular complexity index is 423. The molecule has 3 N–H and O–H groups in total. The largest absolute Gasteiger partial charge is 0.417 e. The van der Waals surface area contributed by atoms with Gasteiger partial charge >= 0.3 is 6.18 Å². The molecule has 5 nitrogen and oxygen atoms in total. The Balaban J connectivity index is 2.12. The molecule has 0 spiro atoms. The van der Waals surface area contributed by atoms with E-state index in [0.29, 0.717) is 0 Å². The molecule has 2 fully saturated rings. The third-order valence-corrected chi connectivity index (χ3v) is 3.81. The number of halogens is 3. The van der Waals surface area contributed by atoms with Crippen molar-refractivity contribution < 1.29 is 27.9 Å². The number of nitrogens with two attached hydrogens (primary N) is 1. The highest BCUT2D eigenvalue weighted by atomic mass is 19.4. The number of carbonyl (C=O) groups excluding carboxylic acids is 2. The molecule has 1 saturated carbocycles. The maximum Gasteiger partial charge on any atom is 0.417 e. The number of hydrogen-bond acceptors (Lipinski definition) is 3. The molecular formula is C12H16F3N2O3. The van der Waals surface area contributed by atoms with E-state index in [4.69, 9.17) is 5.73 Å². The second-order valence-electron chi connectivity index (χ2n) is 5.44. The summed E-state index contributed by atoms with van der Waals surface area (Å²) in [5.74, 6) is -1.38. The highest BCUT2D eigenvalue weighted by Crippen LogP contribution is 2.41. The summed E-state index contributed by atoms with van der Waals surface area (Å²) in [4.78, 5) is 24.3. The second kappa shape index (κ2) is 4.91. The van der Waals surface area contributed by atoms with E-state index in [1.54, 1.807) is 0 Å². The van der Waals surface area contributed by atoms with Crippen molar-refractivity contribution in [2.45, 2.75) is 43.5 Å². The number of aliphatic hydroxyl groups is 1. The van der Waals surface area contributed by atoms with E-state index in [2.05, 4.69) is 0 Å². The molecule has 113 valence electrons. The van der Waals surface area contributed by atoms with Gasteiger partial charge in [0.25, 0.3) is 0 Å². The van der Waals surface area contributed by atoms with Gasteiger partial charge in [-0.25, -0.2) is 0 Å². The zero-order valence-corrected chi connectivity index (χ0v) is 10.7. The van der Waals surface area contributed by atoms with Crippen LogP contribution in [0.15, 0.2) is 0 Å². The van der Waals surface area contributed by atoms with Gasteiger partial charge in [-0.05, 0) is 18.8 Å². The fourth-order valence-electron chi connectivity index (χ4n) is 2.33. The molecule has 1 aliphatic heterocycles. The molecule has 1 aliphatic carbocycles. The van der Waals surface area contributed by atoms with Crippen molar-refractivity contribution in [3.8, 4) is 0 Å². The van der Waals surface area contributed by atoms with Crippen molar-refractivity contribution in [2.75, 3.05) is 6.54 Å². The van der Waals surface area contributed by atoms with E-state index in [1.807, 2.05) is 0 Å². The van der Waals surface area contributed by atoms with Gasteiger partial charge in [0, 0.05) is 19.4 Å². The number of alkyl halides is 3. The minimum absolute atomic E-state index is 0.138. The quantitative estimate of drug-likeness (QED) is 0.788. The van der Waals surface area contributed by atoms with Crippen LogP contribution in [0.5, 0.6) is 0 Å². The first-order valence-electron chi connectivity index (χ1n) is 6.38. The first-order valence-corrected chi connectivity index (χ1v) is 6.38. The third-order valence-electron chi connectivity index (χ3n) is 3.81. The number of nitrogens with zero attached hydrogens (tertiary/aromatic N) is 1. The van der Waals surface area contributed by atoms with Gasteiger partial charge in [-0.3, -0.25) is 9.59 Å². The minimum atomic E-state index is -4.85. The lowest BCUT2D eigenvalue weighted by Gasteiger charge is -2.43. The van der Waals surface area contributed by atoms with Gasteiger partial charge in [0.1, 0.15) is 6.04 Å². The lowest BCUT2D eigenvalue weighted by molar-refractivity contribution is -0.275. The number of rotatable bonds is 3. The van der Waals surface area contributed by atoms with Gasteiger partial charge in [0.05, 0.1) is 6.42 Å². The summed E-state index contributed by atoms with van der Waals surface area (Å²) in [6.45, 7) is -0.342. The maximum absolute atomic E-state index is 12.8. The van der Waals surface area contributed by atoms with Crippen molar-refractivity contribution in [1.82, 2.24) is 4.90 Å². The van der Waals surface area contributed by atoms with Gasteiger partial charge in [0.15, 0.2) is 5.60 Å². The molecule has 20 heavy (non-hydrogen) atoms. The molecule has 1 heterocycles. The predicted molar refractivity (Wildman–Crippen MR) is 62.0 cm³/mol. The minimum Gasteiger partial charge on any atom is -0.380 e. The first-order chi connectivity index (χ1) is 9.14. The molecule has 0 aromatic rings. The highest BCUT2D eigenvalue weighted by molar-refractivity contribution is 5.91. The summed E-state index contributed by atoms with van der Waals surface area (Å²) in [6.07, 6.45) is -3.26. The van der Waals surface area contributed by atoms with Crippen LogP contribution in [0.4, 0.5) is 13.2 Å². The van der Waals surface area contributed by atoms with E-state index in [-0.39, 0.29) is 12.5 Å². The second-order valence-corrected chi connectivity index (χ2v) is 5.44. The zero-order valence-electron chi connectivity index (χ0n) is 10.7. The number of primary amides is 1. The lowest BCUT2D eigenvalue weighted by Crippen LogP contribution is -2.61. The molecule has 8 heteroatoms. The van der Waals surface area contributed by atoms with Crippen LogP contribution in [0.3, 0.4) is 0 Å². The standard InChI is InChI=1S/C12H16F3N2O3/c13-12(14,15)11(20)3-4-17(8(6-11)10(16)19)9(18)5-7-1-2-7/h5,7-8,20H,1-4,6H2,(H2,16,19)/t8?,11-/m1/s1. The number of carbonyl (C=O) groups is 2. The Kier molecular flexibility index (Phi) is 3.70. The van der Waals surface area contributed by atoms with Crippen molar-refractivity contribution in [1.29, 1.82) is 0 Å². The van der Waals surface area contributed by atoms with E-state index < -0.39 is 42.5 Å². The summed E-state index contributed by atoms with van der Waals surface area (Å²) < 4.78 is 38.4. The van der Waals surface area contributed by atoms with Crippen LogP contribution in [0, 0.1) is 12.3 Å². The number of likely N-dealkylation sites (tertiary alicyclic amines) is 1. The van der Waals surface area contributed by atoms with Crippen LogP contribution in [-0.4, -0.2) is 46.2 Å². The summed E-state index contributed by atoms with van der Waals surface area (Å²) in [5.41, 5.74) is 2.11. The number of amides is 2. The molecule has 0 bridgehead atoms. The predicted octanol–water partition coefficient (Wildman–Crippen LogP) is 0.370. The Labute approximate surface area is 113 Å². The highest BCUT2D eigenvalue weighted by Gasteiger charge is 2.58. The first kappa shape index (κ1) is 15.1. The Morgan fingerprint density at radius 2 is 1.95 bits per heavy atom. The van der Waals surface area contributed by atoms with Crippen LogP contribution in [0.1, 0.15) is 25.7 Å². The fraction of sp³-hybridized carbons (Fsp3) is 0.750. The topological polar surface area (TPSA) is 83.6 Å². The Morgan fingerprint density at radius 3 is 2.40 bits per heavy atom. The van der Waals surface area contributed by atoms with Crippen molar-refractivity contribution in [3.63, 3.8) is 0 Å². The molecule has 1 radical (unpaired) electrons. The molecule has 1 unspecified atom stereocenters. The molecular weight excluding hydrogens is 277 g/mol. The van der Waals surface area contributed by atoms with Crippen molar-refractivity contribution >= 4 is 11.8 Å². The summed E-state index contributed by atoms with van der Waals surface area (Å²) in [6, 6.07) is -1.43. The van der Waals surface area contributed by atoms with Gasteiger partial charge in [-0.15, -0.1) is 0 Å². The van der Waals surface area contributed by atoms with Crippen LogP contribution < -0.4 is 5.73 Å². The van der Waals surface area contributed by atoms with Crippen LogP contribution in [0.25, 0.3) is 0 Å². The number of piperidine rings is 1. The average Bonchev–Trinajstić information content (AvgIpc) is 3.11. The summed E-state index contributed by atoms with van der Waals surface area (Å²) >= 11 is 0. The Hall–Kier alpha value is -1.31. The SMILES string of the molecule is NC(=O)C1C[C@@](O)(C(F)(F)F)CCN1C(=O)[CH]C1CC1. The average molecular weight is 293 g/mol. The van der Waals surface area contributed by atoms with Crippen molar-refractivity contribution in [2.24, 2.45) is 11.7 Å². The molecule has 2 aliphatic rings. The van der Waals surface area contributed by atoms with Crippen LogP contribution in [0.2, 0.25) is 0 Å². The van der Waals surface area contributed by atoms with Crippen LogP contribution >= 0.6 is 0 Å². The zero-order chi connectivity index (χ0) is 15.1. The number of hydrogen-bond donors (Lipinski definition) is 2. The molecule has 1 saturated heterocycles. The van der Waals surface area contributed by atoms with Gasteiger partial charge in [0.2, 0.25) is 11.8 Å². The lowest BCUT2D eigenvalue weighted by atomic mass is 9.85. The van der Waals surface area contributed by atoms with E-state index in [9.17, 15) is 27.9 Å². The molecule has 2 atom stereocenters. The third kappa shape index (κ3) is 2.89. The molecule has 2 amide bonds. The molecule has 0 aromatic heterocycles. The Morgan fingerprint density at radius 1 is 1.35 bits per heavy atom. The summed E-state index contributed by atoms with van der Waals surface area (Å²) in [5, 5.41) is 9.64. The molecule has 2 rings (SSSR count). The van der Waals surface area contributed by atoms with Gasteiger partial charge < -0.3 is 15.7 Å². The monoisotopic (exact) mass is 293 g/mol. The van der Waals surface area contributed by atoms with Gasteiger partial charge in [-0.1, -0.05) is 0 Å². The summed E-state index contributed by atoms with van der Waals surface area (Å²) in [7, 11) is 0. The fourth-order valence-corrected chi connectivity index (χ4v) is 2.33. The normalized spacial score (nSPS) is 31.2. The van der Waals surface area contributed by atoms with E-state index >= 15 is 0 Å². The van der Waals surface area contributed by atoms with Gasteiger partial charge in [-0.2, -0.15) is 13.2 Å². The van der Waals surface area contributed by atoms with Crippen LogP contribution in [-0.2, 0) is 9.59 Å². The van der Waals surface area contributed by atoms with Crippen molar-refractivity contribution in [3.05, 3.63) is 6.42 Å². The maximum atomic E-state index is 12.8.